The number of hydrogen-bond donors (Lipinski definition) is 1. The summed E-state index contributed by atoms with van der Waals surface area (Å²) in [6, 6.07) is 6.79. The van der Waals surface area contributed by atoms with Crippen molar-refractivity contribution in [2.75, 3.05) is 25.5 Å². The van der Waals surface area contributed by atoms with Crippen molar-refractivity contribution in [2.24, 2.45) is 0 Å². The first-order valence-corrected chi connectivity index (χ1v) is 13.0. The van der Waals surface area contributed by atoms with Crippen LogP contribution in [0.4, 0.5) is 5.69 Å². The average Bonchev–Trinajstić information content (AvgIpc) is 3.30. The first-order valence-electron chi connectivity index (χ1n) is 12.6. The van der Waals surface area contributed by atoms with Gasteiger partial charge >= 0.3 is 0 Å². The number of carbonyl (C=O) groups is 1. The van der Waals surface area contributed by atoms with E-state index < -0.39 is 0 Å². The predicted octanol–water partition coefficient (Wildman–Crippen LogP) is 4.77. The van der Waals surface area contributed by atoms with E-state index in [4.69, 9.17) is 11.6 Å². The number of anilines is 1. The van der Waals surface area contributed by atoms with Crippen molar-refractivity contribution in [2.45, 2.75) is 71.6 Å². The lowest BCUT2D eigenvalue weighted by atomic mass is 9.89. The third-order valence-corrected chi connectivity index (χ3v) is 7.95. The van der Waals surface area contributed by atoms with Gasteiger partial charge in [-0.05, 0) is 96.0 Å². The van der Waals surface area contributed by atoms with E-state index in [2.05, 4.69) is 36.1 Å². The zero-order valence-electron chi connectivity index (χ0n) is 21.5. The molecule has 0 spiro atoms. The molecule has 4 rings (SSSR count). The molecule has 1 fully saturated rings. The summed E-state index contributed by atoms with van der Waals surface area (Å²) in [5.74, 6) is -0.207. The number of allylic oxidation sites excluding steroid dienone is 1. The minimum atomic E-state index is -0.207. The van der Waals surface area contributed by atoms with E-state index in [1.165, 1.54) is 12.8 Å². The highest BCUT2D eigenvalue weighted by molar-refractivity contribution is 6.31. The third kappa shape index (κ3) is 5.19. The van der Waals surface area contributed by atoms with Crippen LogP contribution in [0.1, 0.15) is 65.3 Å². The normalized spacial score (nSPS) is 19.2. The fourth-order valence-electron chi connectivity index (χ4n) is 5.63. The van der Waals surface area contributed by atoms with Crippen LogP contribution < -0.4 is 15.8 Å². The van der Waals surface area contributed by atoms with Crippen molar-refractivity contribution < 1.29 is 4.79 Å². The molecule has 35 heavy (non-hydrogen) atoms. The molecule has 0 bridgehead atoms. The van der Waals surface area contributed by atoms with Gasteiger partial charge in [0.25, 0.3) is 11.5 Å². The highest BCUT2D eigenvalue weighted by Crippen LogP contribution is 2.34. The highest BCUT2D eigenvalue weighted by atomic mass is 35.5. The van der Waals surface area contributed by atoms with Crippen LogP contribution in [0, 0.1) is 13.8 Å². The van der Waals surface area contributed by atoms with Gasteiger partial charge in [-0.3, -0.25) is 9.59 Å². The molecule has 2 aliphatic rings. The zero-order valence-corrected chi connectivity index (χ0v) is 22.3. The van der Waals surface area contributed by atoms with E-state index in [0.717, 1.165) is 41.9 Å². The Labute approximate surface area is 213 Å². The van der Waals surface area contributed by atoms with Gasteiger partial charge in [0.05, 0.1) is 0 Å². The standard InChI is InChI=1S/C28H37ClN4O2/c1-6-32(22-11-9-21(10-12-22)31(4)5)26-16-20(29)15-24(19(26)3)27(34)30-17-25-18(2)14-23-8-7-13-33(23)28(25)35/h7-8,14-16,21-22H,6,9-13,17H2,1-5H3,(H,30,34). The van der Waals surface area contributed by atoms with Gasteiger partial charge in [-0.1, -0.05) is 17.7 Å². The summed E-state index contributed by atoms with van der Waals surface area (Å²) in [5.41, 5.74) is 4.90. The van der Waals surface area contributed by atoms with Crippen molar-refractivity contribution in [1.82, 2.24) is 14.8 Å². The van der Waals surface area contributed by atoms with Gasteiger partial charge in [-0.25, -0.2) is 0 Å². The second-order valence-electron chi connectivity index (χ2n) is 10.0. The monoisotopic (exact) mass is 496 g/mol. The number of benzene rings is 1. The number of aromatic nitrogens is 1. The molecule has 7 heteroatoms. The summed E-state index contributed by atoms with van der Waals surface area (Å²) < 4.78 is 1.74. The van der Waals surface area contributed by atoms with Crippen LogP contribution in [0.3, 0.4) is 0 Å². The van der Waals surface area contributed by atoms with Crippen LogP contribution in [0.5, 0.6) is 0 Å². The topological polar surface area (TPSA) is 57.6 Å². The minimum absolute atomic E-state index is 0.0423. The maximum Gasteiger partial charge on any atom is 0.256 e. The van der Waals surface area contributed by atoms with Crippen LogP contribution in [0.15, 0.2) is 29.1 Å². The lowest BCUT2D eigenvalue weighted by Gasteiger charge is -2.40. The lowest BCUT2D eigenvalue weighted by molar-refractivity contribution is 0.0950. The molecule has 2 aromatic rings. The molecule has 0 saturated heterocycles. The molecule has 6 nitrogen and oxygen atoms in total. The predicted molar refractivity (Wildman–Crippen MR) is 145 cm³/mol. The Bertz CT molecular complexity index is 1190. The molecule has 1 aliphatic heterocycles. The van der Waals surface area contributed by atoms with Gasteiger partial charge in [0.1, 0.15) is 0 Å². The maximum atomic E-state index is 13.3. The molecule has 0 unspecified atom stereocenters. The fourth-order valence-corrected chi connectivity index (χ4v) is 5.84. The Balaban J connectivity index is 1.54. The van der Waals surface area contributed by atoms with Gasteiger partial charge in [0, 0.05) is 59.2 Å². The number of halogens is 1. The zero-order chi connectivity index (χ0) is 25.3. The van der Waals surface area contributed by atoms with Crippen molar-refractivity contribution >= 4 is 29.3 Å². The van der Waals surface area contributed by atoms with Crippen molar-refractivity contribution in [3.8, 4) is 0 Å². The molecule has 1 N–H and O–H groups in total. The molecule has 1 amide bonds. The molecule has 1 aliphatic carbocycles. The van der Waals surface area contributed by atoms with Crippen LogP contribution >= 0.6 is 11.6 Å². The lowest BCUT2D eigenvalue weighted by Crippen LogP contribution is -2.42. The number of amides is 1. The number of hydrogen-bond acceptors (Lipinski definition) is 4. The van der Waals surface area contributed by atoms with E-state index in [0.29, 0.717) is 34.8 Å². The SMILES string of the molecule is CCN(c1cc(Cl)cc(C(=O)NCc2c(C)cc3n(c2=O)CC=C3)c1C)C1CCC(N(C)C)CC1. The molecule has 1 aromatic carbocycles. The third-order valence-electron chi connectivity index (χ3n) is 7.73. The van der Waals surface area contributed by atoms with Crippen LogP contribution in [0.2, 0.25) is 5.02 Å². The highest BCUT2D eigenvalue weighted by Gasteiger charge is 2.28. The largest absolute Gasteiger partial charge is 0.369 e. The van der Waals surface area contributed by atoms with Gasteiger partial charge in [-0.15, -0.1) is 0 Å². The first-order chi connectivity index (χ1) is 16.7. The molecule has 1 saturated carbocycles. The van der Waals surface area contributed by atoms with E-state index >= 15 is 0 Å². The number of aryl methyl sites for hydroxylation is 1. The summed E-state index contributed by atoms with van der Waals surface area (Å²) in [6.07, 6.45) is 8.53. The quantitative estimate of drug-likeness (QED) is 0.599. The Morgan fingerprint density at radius 2 is 1.80 bits per heavy atom. The van der Waals surface area contributed by atoms with Crippen molar-refractivity contribution in [3.63, 3.8) is 0 Å². The maximum absolute atomic E-state index is 13.3. The van der Waals surface area contributed by atoms with Crippen LogP contribution in [-0.4, -0.2) is 48.1 Å². The molecule has 188 valence electrons. The van der Waals surface area contributed by atoms with Crippen LogP contribution in [0.25, 0.3) is 6.08 Å². The Hall–Kier alpha value is -2.57. The summed E-state index contributed by atoms with van der Waals surface area (Å²) in [7, 11) is 4.31. The fraction of sp³-hybridized carbons (Fsp3) is 0.500. The van der Waals surface area contributed by atoms with E-state index in [1.807, 2.05) is 38.1 Å². The number of nitrogens with zero attached hydrogens (tertiary/aromatic N) is 3. The first kappa shape index (κ1) is 25.5. The number of nitrogens with one attached hydrogen (secondary N) is 1. The number of fused-ring (bicyclic) bond motifs is 1. The minimum Gasteiger partial charge on any atom is -0.369 e. The van der Waals surface area contributed by atoms with Gasteiger partial charge in [0.2, 0.25) is 0 Å². The smallest absolute Gasteiger partial charge is 0.256 e. The molecule has 1 aromatic heterocycles. The number of carbonyl (C=O) groups excluding carboxylic acids is 1. The Kier molecular flexibility index (Phi) is 7.72. The van der Waals surface area contributed by atoms with E-state index in [9.17, 15) is 9.59 Å². The molecule has 2 heterocycles. The van der Waals surface area contributed by atoms with Crippen molar-refractivity contribution in [3.05, 3.63) is 67.6 Å². The Morgan fingerprint density at radius 3 is 2.46 bits per heavy atom. The van der Waals surface area contributed by atoms with E-state index in [1.54, 1.807) is 10.6 Å². The summed E-state index contributed by atoms with van der Waals surface area (Å²) >= 11 is 6.53. The Morgan fingerprint density at radius 1 is 1.11 bits per heavy atom. The van der Waals surface area contributed by atoms with Crippen LogP contribution in [-0.2, 0) is 13.1 Å². The van der Waals surface area contributed by atoms with E-state index in [-0.39, 0.29) is 18.0 Å². The summed E-state index contributed by atoms with van der Waals surface area (Å²) in [4.78, 5) is 30.9. The number of pyridine rings is 1. The van der Waals surface area contributed by atoms with Crippen molar-refractivity contribution in [1.29, 1.82) is 0 Å². The second kappa shape index (κ2) is 10.6. The summed E-state index contributed by atoms with van der Waals surface area (Å²) in [5, 5.41) is 3.53. The number of rotatable bonds is 7. The second-order valence-corrected chi connectivity index (χ2v) is 10.5. The van der Waals surface area contributed by atoms with Gasteiger partial charge in [0.15, 0.2) is 0 Å². The molecule has 0 atom stereocenters. The molecular weight excluding hydrogens is 460 g/mol. The van der Waals surface area contributed by atoms with Gasteiger partial charge < -0.3 is 19.7 Å². The average molecular weight is 497 g/mol. The molecule has 0 radical (unpaired) electrons. The van der Waals surface area contributed by atoms with Gasteiger partial charge in [-0.2, -0.15) is 0 Å². The molecular formula is C28H37ClN4O2. The summed E-state index contributed by atoms with van der Waals surface area (Å²) in [6.45, 7) is 7.71.